The van der Waals surface area contributed by atoms with Gasteiger partial charge in [-0.3, -0.25) is 9.89 Å². The van der Waals surface area contributed by atoms with Gasteiger partial charge in [0.15, 0.2) is 11.5 Å². The fraction of sp³-hybridized carbons (Fsp3) is 0.0870. The summed E-state index contributed by atoms with van der Waals surface area (Å²) in [4.78, 5) is 13.4. The van der Waals surface area contributed by atoms with Crippen LogP contribution in [0.1, 0.15) is 21.5 Å². The van der Waals surface area contributed by atoms with Gasteiger partial charge in [-0.2, -0.15) is 10.2 Å². The van der Waals surface area contributed by atoms with Gasteiger partial charge in [-0.05, 0) is 40.8 Å². The van der Waals surface area contributed by atoms with E-state index in [2.05, 4.69) is 20.7 Å². The van der Waals surface area contributed by atoms with Crippen molar-refractivity contribution in [3.63, 3.8) is 0 Å². The highest BCUT2D eigenvalue weighted by atomic mass is 32.1. The summed E-state index contributed by atoms with van der Waals surface area (Å²) in [6.07, 6.45) is 3.04. The van der Waals surface area contributed by atoms with Crippen molar-refractivity contribution in [2.45, 2.75) is 6.61 Å². The maximum absolute atomic E-state index is 12.5. The summed E-state index contributed by atoms with van der Waals surface area (Å²) in [5.74, 6) is 0.870. The summed E-state index contributed by atoms with van der Waals surface area (Å²) in [6, 6.07) is 19.2. The van der Waals surface area contributed by atoms with Crippen molar-refractivity contribution < 1.29 is 14.3 Å². The van der Waals surface area contributed by atoms with Crippen molar-refractivity contribution >= 4 is 23.5 Å². The molecule has 0 aliphatic rings. The lowest BCUT2D eigenvalue weighted by Crippen LogP contribution is -2.17. The Bertz CT molecular complexity index is 1170. The first-order chi connectivity index (χ1) is 15.2. The lowest BCUT2D eigenvalue weighted by Gasteiger charge is -2.11. The number of hydrazone groups is 1. The topological polar surface area (TPSA) is 88.6 Å². The standard InChI is InChI=1S/C23H20N4O3S/c1-29-19-10-9-17(12-20(19)30-15-16-6-3-2-4-7-16)13-24-27-23(28)18-14-25-26-22(18)21-8-5-11-31-21/h2-14H,15H2,1H3,(H,25,26)(H,27,28). The van der Waals surface area contributed by atoms with Crippen LogP contribution in [0.15, 0.2) is 77.3 Å². The third-order valence-electron chi connectivity index (χ3n) is 4.46. The molecule has 0 saturated carbocycles. The first-order valence-electron chi connectivity index (χ1n) is 9.50. The second-order valence-corrected chi connectivity index (χ2v) is 7.47. The van der Waals surface area contributed by atoms with E-state index < -0.39 is 0 Å². The number of nitrogens with zero attached hydrogens (tertiary/aromatic N) is 2. The molecule has 31 heavy (non-hydrogen) atoms. The van der Waals surface area contributed by atoms with Crippen LogP contribution in [0.25, 0.3) is 10.6 Å². The number of carbonyl (C=O) groups excluding carboxylic acids is 1. The number of aromatic amines is 1. The first-order valence-corrected chi connectivity index (χ1v) is 10.4. The largest absolute Gasteiger partial charge is 0.493 e. The van der Waals surface area contributed by atoms with Crippen molar-refractivity contribution in [1.82, 2.24) is 15.6 Å². The Labute approximate surface area is 183 Å². The molecule has 0 fully saturated rings. The van der Waals surface area contributed by atoms with E-state index in [1.165, 1.54) is 17.5 Å². The molecule has 0 aliphatic heterocycles. The molecule has 7 nitrogen and oxygen atoms in total. The number of carbonyl (C=O) groups is 1. The number of H-pyrrole nitrogens is 1. The summed E-state index contributed by atoms with van der Waals surface area (Å²) >= 11 is 1.53. The SMILES string of the molecule is COc1ccc(C=NNC(=O)c2cn[nH]c2-c2cccs2)cc1OCc1ccccc1. The highest BCUT2D eigenvalue weighted by Crippen LogP contribution is 2.28. The molecule has 0 aliphatic carbocycles. The number of hydrogen-bond acceptors (Lipinski definition) is 6. The van der Waals surface area contributed by atoms with Crippen LogP contribution in [0.3, 0.4) is 0 Å². The number of hydrogen-bond donors (Lipinski definition) is 2. The van der Waals surface area contributed by atoms with E-state index in [1.54, 1.807) is 19.4 Å². The van der Waals surface area contributed by atoms with Crippen LogP contribution in [0.2, 0.25) is 0 Å². The van der Waals surface area contributed by atoms with E-state index in [4.69, 9.17) is 9.47 Å². The van der Waals surface area contributed by atoms with Crippen molar-refractivity contribution in [2.24, 2.45) is 5.10 Å². The molecule has 2 N–H and O–H groups in total. The molecule has 2 heterocycles. The molecule has 0 spiro atoms. The maximum atomic E-state index is 12.5. The first kappa shape index (κ1) is 20.4. The molecule has 0 unspecified atom stereocenters. The van der Waals surface area contributed by atoms with Crippen LogP contribution < -0.4 is 14.9 Å². The predicted molar refractivity (Wildman–Crippen MR) is 121 cm³/mol. The van der Waals surface area contributed by atoms with E-state index in [9.17, 15) is 4.79 Å². The molecule has 0 bridgehead atoms. The van der Waals surface area contributed by atoms with Gasteiger partial charge in [-0.25, -0.2) is 5.43 Å². The van der Waals surface area contributed by atoms with E-state index in [0.717, 1.165) is 16.0 Å². The minimum Gasteiger partial charge on any atom is -0.493 e. The van der Waals surface area contributed by atoms with Crippen LogP contribution in [0.4, 0.5) is 0 Å². The average Bonchev–Trinajstić information content (AvgIpc) is 3.50. The van der Waals surface area contributed by atoms with Gasteiger partial charge in [0, 0.05) is 0 Å². The summed E-state index contributed by atoms with van der Waals surface area (Å²) in [6.45, 7) is 0.417. The Morgan fingerprint density at radius 3 is 2.81 bits per heavy atom. The lowest BCUT2D eigenvalue weighted by molar-refractivity contribution is 0.0956. The zero-order valence-corrected chi connectivity index (χ0v) is 17.6. The molecule has 156 valence electrons. The molecule has 2 aromatic carbocycles. The van der Waals surface area contributed by atoms with Gasteiger partial charge < -0.3 is 9.47 Å². The van der Waals surface area contributed by atoms with Gasteiger partial charge >= 0.3 is 0 Å². The summed E-state index contributed by atoms with van der Waals surface area (Å²) in [5, 5.41) is 12.9. The molecule has 0 atom stereocenters. The minimum absolute atomic E-state index is 0.345. The highest BCUT2D eigenvalue weighted by molar-refractivity contribution is 7.13. The zero-order valence-electron chi connectivity index (χ0n) is 16.7. The number of amides is 1. The molecule has 4 rings (SSSR count). The van der Waals surface area contributed by atoms with E-state index in [-0.39, 0.29) is 5.91 Å². The minimum atomic E-state index is -0.345. The molecule has 0 radical (unpaired) electrons. The smallest absolute Gasteiger partial charge is 0.275 e. The van der Waals surface area contributed by atoms with E-state index in [0.29, 0.717) is 29.4 Å². The fourth-order valence-corrected chi connectivity index (χ4v) is 3.65. The van der Waals surface area contributed by atoms with Crippen LogP contribution >= 0.6 is 11.3 Å². The van der Waals surface area contributed by atoms with Gasteiger partial charge in [0.2, 0.25) is 0 Å². The third-order valence-corrected chi connectivity index (χ3v) is 5.34. The fourth-order valence-electron chi connectivity index (χ4n) is 2.91. The van der Waals surface area contributed by atoms with Gasteiger partial charge in [0.1, 0.15) is 6.61 Å². The normalized spacial score (nSPS) is 10.9. The number of aromatic nitrogens is 2. The van der Waals surface area contributed by atoms with Crippen LogP contribution in [0, 0.1) is 0 Å². The second kappa shape index (κ2) is 9.73. The van der Waals surface area contributed by atoms with Crippen LogP contribution in [0.5, 0.6) is 11.5 Å². The van der Waals surface area contributed by atoms with Gasteiger partial charge in [0.25, 0.3) is 5.91 Å². The Hall–Kier alpha value is -3.91. The molecule has 4 aromatic rings. The Kier molecular flexibility index (Phi) is 6.39. The molecular formula is C23H20N4O3S. The Balaban J connectivity index is 1.43. The van der Waals surface area contributed by atoms with Gasteiger partial charge in [0.05, 0.1) is 35.7 Å². The van der Waals surface area contributed by atoms with Crippen LogP contribution in [-0.2, 0) is 6.61 Å². The highest BCUT2D eigenvalue weighted by Gasteiger charge is 2.15. The molecule has 8 heteroatoms. The Morgan fingerprint density at radius 1 is 1.16 bits per heavy atom. The van der Waals surface area contributed by atoms with Gasteiger partial charge in [-0.15, -0.1) is 11.3 Å². The number of rotatable bonds is 8. The lowest BCUT2D eigenvalue weighted by atomic mass is 10.2. The number of methoxy groups -OCH3 is 1. The molecule has 0 saturated heterocycles. The molecule has 2 aromatic heterocycles. The number of nitrogens with one attached hydrogen (secondary N) is 2. The Morgan fingerprint density at radius 2 is 2.03 bits per heavy atom. The van der Waals surface area contributed by atoms with Crippen molar-refractivity contribution in [2.75, 3.05) is 7.11 Å². The van der Waals surface area contributed by atoms with Gasteiger partial charge in [-0.1, -0.05) is 36.4 Å². The summed E-state index contributed by atoms with van der Waals surface area (Å²) < 4.78 is 11.3. The zero-order chi connectivity index (χ0) is 21.5. The third kappa shape index (κ3) is 4.99. The van der Waals surface area contributed by atoms with Crippen LogP contribution in [-0.4, -0.2) is 29.4 Å². The second-order valence-electron chi connectivity index (χ2n) is 6.52. The number of thiophene rings is 1. The average molecular weight is 433 g/mol. The summed E-state index contributed by atoms with van der Waals surface area (Å²) in [7, 11) is 1.59. The number of ether oxygens (including phenoxy) is 2. The van der Waals surface area contributed by atoms with Crippen molar-refractivity contribution in [3.8, 4) is 22.1 Å². The van der Waals surface area contributed by atoms with Crippen molar-refractivity contribution in [1.29, 1.82) is 0 Å². The maximum Gasteiger partial charge on any atom is 0.275 e. The van der Waals surface area contributed by atoms with E-state index >= 15 is 0 Å². The number of benzene rings is 2. The monoisotopic (exact) mass is 432 g/mol. The predicted octanol–water partition coefficient (Wildman–Crippen LogP) is 4.49. The quantitative estimate of drug-likeness (QED) is 0.317. The summed E-state index contributed by atoms with van der Waals surface area (Å²) in [5.41, 5.74) is 5.46. The molecule has 1 amide bonds. The van der Waals surface area contributed by atoms with Crippen molar-refractivity contribution in [3.05, 3.63) is 88.9 Å². The van der Waals surface area contributed by atoms with E-state index in [1.807, 2.05) is 60.0 Å². The molecular weight excluding hydrogens is 412 g/mol.